The molecule has 0 radical (unpaired) electrons. The third kappa shape index (κ3) is 3.10. The monoisotopic (exact) mass is 404 g/mol. The van der Waals surface area contributed by atoms with Crippen molar-refractivity contribution in [1.29, 1.82) is 0 Å². The van der Waals surface area contributed by atoms with Crippen molar-refractivity contribution < 1.29 is 5.11 Å². The molecule has 5 nitrogen and oxygen atoms in total. The van der Waals surface area contributed by atoms with E-state index >= 15 is 0 Å². The highest BCUT2D eigenvalue weighted by Crippen LogP contribution is 2.60. The quantitative estimate of drug-likeness (QED) is 0.561. The normalized spacial score (nSPS) is 31.7. The van der Waals surface area contributed by atoms with Gasteiger partial charge in [0.05, 0.1) is 11.9 Å². The maximum atomic E-state index is 9.87. The zero-order valence-corrected chi connectivity index (χ0v) is 18.3. The lowest BCUT2D eigenvalue weighted by Gasteiger charge is -2.49. The van der Waals surface area contributed by atoms with Gasteiger partial charge in [0.2, 0.25) is 0 Å². The van der Waals surface area contributed by atoms with Crippen molar-refractivity contribution in [3.05, 3.63) is 46.8 Å². The van der Waals surface area contributed by atoms with Crippen molar-refractivity contribution in [2.75, 3.05) is 0 Å². The molecule has 1 heterocycles. The molecule has 3 aliphatic carbocycles. The first-order valence-corrected chi connectivity index (χ1v) is 11.5. The SMILES string of the molecule is CCn1cc(/C=N/N=C2\CCC3C4CCc5cc(O)ccc5C4CCC23C)c(C)n1. The van der Waals surface area contributed by atoms with Crippen molar-refractivity contribution in [3.63, 3.8) is 0 Å². The second-order valence-corrected chi connectivity index (χ2v) is 9.61. The fraction of sp³-hybridized carbons (Fsp3) is 0.560. The van der Waals surface area contributed by atoms with Gasteiger partial charge < -0.3 is 5.11 Å². The van der Waals surface area contributed by atoms with E-state index in [0.29, 0.717) is 17.6 Å². The Labute approximate surface area is 178 Å². The summed E-state index contributed by atoms with van der Waals surface area (Å²) < 4.78 is 1.94. The fourth-order valence-corrected chi connectivity index (χ4v) is 6.50. The van der Waals surface area contributed by atoms with Crippen LogP contribution in [-0.4, -0.2) is 26.8 Å². The number of aromatic hydroxyl groups is 1. The highest BCUT2D eigenvalue weighted by atomic mass is 16.3. The summed E-state index contributed by atoms with van der Waals surface area (Å²) in [4.78, 5) is 0. The van der Waals surface area contributed by atoms with Crippen LogP contribution in [0.15, 0.2) is 34.6 Å². The Morgan fingerprint density at radius 3 is 2.93 bits per heavy atom. The second-order valence-electron chi connectivity index (χ2n) is 9.61. The van der Waals surface area contributed by atoms with Crippen LogP contribution in [0.3, 0.4) is 0 Å². The molecule has 4 unspecified atom stereocenters. The van der Waals surface area contributed by atoms with E-state index in [0.717, 1.165) is 36.6 Å². The summed E-state index contributed by atoms with van der Waals surface area (Å²) in [5.74, 6) is 2.46. The molecule has 2 saturated carbocycles. The highest BCUT2D eigenvalue weighted by Gasteiger charge is 2.53. The minimum absolute atomic E-state index is 0.176. The summed E-state index contributed by atoms with van der Waals surface area (Å²) in [6.45, 7) is 7.42. The zero-order valence-electron chi connectivity index (χ0n) is 18.3. The predicted octanol–water partition coefficient (Wildman–Crippen LogP) is 5.25. The molecule has 3 aliphatic rings. The molecule has 1 N–H and O–H groups in total. The first-order valence-electron chi connectivity index (χ1n) is 11.5. The number of phenols is 1. The van der Waals surface area contributed by atoms with Gasteiger partial charge in [-0.05, 0) is 93.4 Å². The van der Waals surface area contributed by atoms with E-state index < -0.39 is 0 Å². The summed E-state index contributed by atoms with van der Waals surface area (Å²) in [6.07, 6.45) is 10.9. The average molecular weight is 405 g/mol. The number of hydrogen-bond donors (Lipinski definition) is 1. The Balaban J connectivity index is 1.37. The number of benzene rings is 1. The van der Waals surface area contributed by atoms with E-state index in [2.05, 4.69) is 30.1 Å². The number of fused-ring (bicyclic) bond motifs is 5. The molecular weight excluding hydrogens is 372 g/mol. The molecule has 5 rings (SSSR count). The predicted molar refractivity (Wildman–Crippen MR) is 120 cm³/mol. The van der Waals surface area contributed by atoms with E-state index in [9.17, 15) is 5.11 Å². The van der Waals surface area contributed by atoms with Crippen molar-refractivity contribution in [1.82, 2.24) is 9.78 Å². The van der Waals surface area contributed by atoms with E-state index in [1.165, 1.54) is 42.5 Å². The van der Waals surface area contributed by atoms with E-state index in [1.54, 1.807) is 0 Å². The van der Waals surface area contributed by atoms with Gasteiger partial charge in [-0.1, -0.05) is 13.0 Å². The van der Waals surface area contributed by atoms with Crippen LogP contribution in [0.5, 0.6) is 5.75 Å². The molecule has 2 aromatic rings. The molecule has 158 valence electrons. The van der Waals surface area contributed by atoms with Gasteiger partial charge in [0.1, 0.15) is 5.75 Å². The first-order chi connectivity index (χ1) is 14.5. The molecule has 30 heavy (non-hydrogen) atoms. The van der Waals surface area contributed by atoms with Gasteiger partial charge in [-0.2, -0.15) is 15.3 Å². The number of hydrogen-bond acceptors (Lipinski definition) is 4. The van der Waals surface area contributed by atoms with Crippen LogP contribution >= 0.6 is 0 Å². The van der Waals surface area contributed by atoms with Crippen LogP contribution < -0.4 is 0 Å². The van der Waals surface area contributed by atoms with Crippen LogP contribution in [0.25, 0.3) is 0 Å². The molecular formula is C25H32N4O. The van der Waals surface area contributed by atoms with E-state index in [4.69, 9.17) is 5.10 Å². The van der Waals surface area contributed by atoms with Crippen molar-refractivity contribution in [2.24, 2.45) is 27.5 Å². The van der Waals surface area contributed by atoms with Gasteiger partial charge in [0.15, 0.2) is 0 Å². The Hall–Kier alpha value is -2.43. The van der Waals surface area contributed by atoms with Crippen molar-refractivity contribution in [2.45, 2.75) is 71.8 Å². The van der Waals surface area contributed by atoms with Crippen molar-refractivity contribution >= 4 is 11.9 Å². The number of rotatable bonds is 3. The maximum Gasteiger partial charge on any atom is 0.115 e. The third-order valence-corrected chi connectivity index (χ3v) is 8.13. The first kappa shape index (κ1) is 19.5. The van der Waals surface area contributed by atoms with Gasteiger partial charge in [-0.15, -0.1) is 0 Å². The van der Waals surface area contributed by atoms with E-state index in [-0.39, 0.29) is 5.41 Å². The van der Waals surface area contributed by atoms with Gasteiger partial charge in [0, 0.05) is 29.4 Å². The number of phenolic OH excluding ortho intramolecular Hbond substituents is 1. The number of aromatic nitrogens is 2. The van der Waals surface area contributed by atoms with E-state index in [1.807, 2.05) is 36.1 Å². The summed E-state index contributed by atoms with van der Waals surface area (Å²) in [6, 6.07) is 6.03. The van der Waals surface area contributed by atoms with Crippen LogP contribution in [0.1, 0.15) is 74.3 Å². The molecule has 1 aromatic carbocycles. The van der Waals surface area contributed by atoms with Gasteiger partial charge >= 0.3 is 0 Å². The second kappa shape index (κ2) is 7.36. The van der Waals surface area contributed by atoms with Crippen LogP contribution in [0.4, 0.5) is 0 Å². The van der Waals surface area contributed by atoms with Gasteiger partial charge in [-0.3, -0.25) is 4.68 Å². The van der Waals surface area contributed by atoms with Crippen molar-refractivity contribution in [3.8, 4) is 5.75 Å². The Morgan fingerprint density at radius 2 is 2.13 bits per heavy atom. The molecule has 1 aromatic heterocycles. The standard InChI is InChI=1S/C25H32N4O/c1-4-29-15-18(16(2)28-29)14-26-27-24-10-9-23-22-7-5-17-13-19(30)6-8-20(17)21(22)11-12-25(23,24)3/h6,8,13-15,21-23,30H,4-5,7,9-12H2,1-3H3/b26-14+,27-24+. The lowest BCUT2D eigenvalue weighted by atomic mass is 9.55. The molecule has 5 heteroatoms. The summed E-state index contributed by atoms with van der Waals surface area (Å²) in [5, 5.41) is 23.6. The largest absolute Gasteiger partial charge is 0.508 e. The third-order valence-electron chi connectivity index (χ3n) is 8.13. The molecule has 0 amide bonds. The molecule has 2 fully saturated rings. The smallest absolute Gasteiger partial charge is 0.115 e. The summed E-state index contributed by atoms with van der Waals surface area (Å²) >= 11 is 0. The lowest BCUT2D eigenvalue weighted by Crippen LogP contribution is -2.42. The van der Waals surface area contributed by atoms with Gasteiger partial charge in [0.25, 0.3) is 0 Å². The minimum atomic E-state index is 0.176. The number of aryl methyl sites for hydroxylation is 3. The zero-order chi connectivity index (χ0) is 20.9. The van der Waals surface area contributed by atoms with Crippen LogP contribution in [0, 0.1) is 24.2 Å². The minimum Gasteiger partial charge on any atom is -0.508 e. The lowest BCUT2D eigenvalue weighted by molar-refractivity contribution is 0.0955. The van der Waals surface area contributed by atoms with Crippen LogP contribution in [-0.2, 0) is 13.0 Å². The van der Waals surface area contributed by atoms with Gasteiger partial charge in [-0.25, -0.2) is 0 Å². The molecule has 4 atom stereocenters. The molecule has 0 bridgehead atoms. The molecule has 0 spiro atoms. The summed E-state index contributed by atoms with van der Waals surface area (Å²) in [5.41, 5.74) is 6.37. The Morgan fingerprint density at radius 1 is 1.27 bits per heavy atom. The fourth-order valence-electron chi connectivity index (χ4n) is 6.50. The Kier molecular flexibility index (Phi) is 4.79. The topological polar surface area (TPSA) is 62.8 Å². The highest BCUT2D eigenvalue weighted by molar-refractivity contribution is 5.93. The van der Waals surface area contributed by atoms with Crippen LogP contribution in [0.2, 0.25) is 0 Å². The summed E-state index contributed by atoms with van der Waals surface area (Å²) in [7, 11) is 0. The average Bonchev–Trinajstić information content (AvgIpc) is 3.27. The maximum absolute atomic E-state index is 9.87. The molecule has 0 saturated heterocycles. The molecule has 0 aliphatic heterocycles. The Bertz CT molecular complexity index is 1020. The number of nitrogens with zero attached hydrogens (tertiary/aromatic N) is 4.